The van der Waals surface area contributed by atoms with E-state index in [1.54, 1.807) is 12.0 Å². The van der Waals surface area contributed by atoms with Crippen LogP contribution >= 0.6 is 0 Å². The van der Waals surface area contributed by atoms with Crippen molar-refractivity contribution >= 4 is 17.5 Å². The number of ether oxygens (including phenoxy) is 2. The highest BCUT2D eigenvalue weighted by Crippen LogP contribution is 2.18. The van der Waals surface area contributed by atoms with Crippen molar-refractivity contribution in [3.05, 3.63) is 60.2 Å². The van der Waals surface area contributed by atoms with Gasteiger partial charge in [-0.15, -0.1) is 0 Å². The number of hydrogen-bond acceptors (Lipinski definition) is 4. The van der Waals surface area contributed by atoms with E-state index in [0.717, 1.165) is 17.0 Å². The third kappa shape index (κ3) is 5.31. The molecule has 0 saturated carbocycles. The SMILES string of the molecule is COc1cccc(CCC(=O)NCC2CN(c3ccccc3)C(=O)CO2)c1. The van der Waals surface area contributed by atoms with Crippen molar-refractivity contribution in [2.24, 2.45) is 0 Å². The molecule has 0 spiro atoms. The first-order valence-corrected chi connectivity index (χ1v) is 9.02. The first-order chi connectivity index (χ1) is 13.2. The zero-order valence-electron chi connectivity index (χ0n) is 15.4. The predicted molar refractivity (Wildman–Crippen MR) is 103 cm³/mol. The molecule has 6 heteroatoms. The van der Waals surface area contributed by atoms with Crippen LogP contribution < -0.4 is 15.0 Å². The van der Waals surface area contributed by atoms with Crippen LogP contribution in [0.2, 0.25) is 0 Å². The molecule has 1 unspecified atom stereocenters. The Hall–Kier alpha value is -2.86. The van der Waals surface area contributed by atoms with E-state index in [9.17, 15) is 9.59 Å². The number of anilines is 1. The summed E-state index contributed by atoms with van der Waals surface area (Å²) in [6.07, 6.45) is 0.813. The average Bonchev–Trinajstić information content (AvgIpc) is 2.72. The number of rotatable bonds is 7. The van der Waals surface area contributed by atoms with Gasteiger partial charge in [0.25, 0.3) is 5.91 Å². The molecule has 2 amide bonds. The molecule has 3 rings (SSSR count). The van der Waals surface area contributed by atoms with Gasteiger partial charge in [-0.3, -0.25) is 9.59 Å². The largest absolute Gasteiger partial charge is 0.497 e. The Kier molecular flexibility index (Phi) is 6.44. The monoisotopic (exact) mass is 368 g/mol. The lowest BCUT2D eigenvalue weighted by Crippen LogP contribution is -2.50. The van der Waals surface area contributed by atoms with Crippen LogP contribution in [-0.4, -0.2) is 44.7 Å². The van der Waals surface area contributed by atoms with E-state index in [2.05, 4.69) is 5.32 Å². The molecule has 0 aliphatic carbocycles. The minimum atomic E-state index is -0.219. The number of nitrogens with zero attached hydrogens (tertiary/aromatic N) is 1. The van der Waals surface area contributed by atoms with Crippen molar-refractivity contribution in [3.8, 4) is 5.75 Å². The zero-order chi connectivity index (χ0) is 19.1. The fraction of sp³-hybridized carbons (Fsp3) is 0.333. The highest BCUT2D eigenvalue weighted by Gasteiger charge is 2.27. The summed E-state index contributed by atoms with van der Waals surface area (Å²) in [6.45, 7) is 0.839. The van der Waals surface area contributed by atoms with Crippen LogP contribution in [0.5, 0.6) is 5.75 Å². The van der Waals surface area contributed by atoms with E-state index in [0.29, 0.717) is 25.9 Å². The number of para-hydroxylation sites is 1. The molecule has 6 nitrogen and oxygen atoms in total. The lowest BCUT2D eigenvalue weighted by atomic mass is 10.1. The Morgan fingerprint density at radius 2 is 2.04 bits per heavy atom. The molecule has 0 aromatic heterocycles. The van der Waals surface area contributed by atoms with E-state index in [4.69, 9.17) is 9.47 Å². The van der Waals surface area contributed by atoms with Gasteiger partial charge in [-0.05, 0) is 36.2 Å². The van der Waals surface area contributed by atoms with Crippen LogP contribution in [0, 0.1) is 0 Å². The zero-order valence-corrected chi connectivity index (χ0v) is 15.4. The predicted octanol–water partition coefficient (Wildman–Crippen LogP) is 2.18. The summed E-state index contributed by atoms with van der Waals surface area (Å²) in [6, 6.07) is 17.2. The quantitative estimate of drug-likeness (QED) is 0.813. The molecule has 1 atom stereocenters. The molecule has 1 saturated heterocycles. The third-order valence-corrected chi connectivity index (χ3v) is 4.50. The number of amides is 2. The third-order valence-electron chi connectivity index (χ3n) is 4.50. The summed E-state index contributed by atoms with van der Waals surface area (Å²) in [5, 5.41) is 2.90. The van der Waals surface area contributed by atoms with Crippen molar-refractivity contribution in [3.63, 3.8) is 0 Å². The Morgan fingerprint density at radius 1 is 1.22 bits per heavy atom. The highest BCUT2D eigenvalue weighted by atomic mass is 16.5. The molecule has 1 N–H and O–H groups in total. The number of carbonyl (C=O) groups is 2. The van der Waals surface area contributed by atoms with E-state index >= 15 is 0 Å². The van der Waals surface area contributed by atoms with Crippen LogP contribution in [-0.2, 0) is 20.7 Å². The maximum Gasteiger partial charge on any atom is 0.253 e. The van der Waals surface area contributed by atoms with Crippen molar-refractivity contribution < 1.29 is 19.1 Å². The first-order valence-electron chi connectivity index (χ1n) is 9.02. The van der Waals surface area contributed by atoms with E-state index < -0.39 is 0 Å². The normalized spacial score (nSPS) is 16.9. The van der Waals surface area contributed by atoms with Crippen LogP contribution in [0.3, 0.4) is 0 Å². The fourth-order valence-electron chi connectivity index (χ4n) is 3.01. The Balaban J connectivity index is 1.46. The molecular weight excluding hydrogens is 344 g/mol. The summed E-state index contributed by atoms with van der Waals surface area (Å²) in [7, 11) is 1.62. The smallest absolute Gasteiger partial charge is 0.253 e. The topological polar surface area (TPSA) is 67.9 Å². The van der Waals surface area contributed by atoms with Crippen LogP contribution in [0.1, 0.15) is 12.0 Å². The maximum atomic E-state index is 12.2. The standard InChI is InChI=1S/C21H24N2O4/c1-26-18-9-5-6-16(12-18)10-11-20(24)22-13-19-14-23(21(25)15-27-19)17-7-3-2-4-8-17/h2-9,12,19H,10-11,13-15H2,1H3,(H,22,24). The van der Waals surface area contributed by atoms with Gasteiger partial charge in [-0.25, -0.2) is 0 Å². The number of benzene rings is 2. The minimum absolute atomic E-state index is 0.0270. The molecule has 0 bridgehead atoms. The van der Waals surface area contributed by atoms with Gasteiger partial charge in [-0.1, -0.05) is 30.3 Å². The van der Waals surface area contributed by atoms with Gasteiger partial charge in [0.15, 0.2) is 0 Å². The summed E-state index contributed by atoms with van der Waals surface area (Å²) < 4.78 is 10.8. The summed E-state index contributed by atoms with van der Waals surface area (Å²) >= 11 is 0. The highest BCUT2D eigenvalue weighted by molar-refractivity contribution is 5.95. The average molecular weight is 368 g/mol. The molecule has 142 valence electrons. The fourth-order valence-corrected chi connectivity index (χ4v) is 3.01. The van der Waals surface area contributed by atoms with E-state index in [1.165, 1.54) is 0 Å². The molecule has 1 fully saturated rings. The number of aryl methyl sites for hydroxylation is 1. The number of nitrogens with one attached hydrogen (secondary N) is 1. The van der Waals surface area contributed by atoms with Gasteiger partial charge in [0.05, 0.1) is 19.8 Å². The summed E-state index contributed by atoms with van der Waals surface area (Å²) in [5.41, 5.74) is 1.90. The first kappa shape index (κ1) is 18.9. The Bertz CT molecular complexity index is 779. The van der Waals surface area contributed by atoms with Crippen molar-refractivity contribution in [2.45, 2.75) is 18.9 Å². The molecule has 1 aliphatic heterocycles. The second-order valence-electron chi connectivity index (χ2n) is 6.43. The van der Waals surface area contributed by atoms with Crippen LogP contribution in [0.15, 0.2) is 54.6 Å². The second kappa shape index (κ2) is 9.19. The van der Waals surface area contributed by atoms with Crippen molar-refractivity contribution in [1.82, 2.24) is 5.32 Å². The van der Waals surface area contributed by atoms with Crippen LogP contribution in [0.4, 0.5) is 5.69 Å². The molecule has 2 aromatic carbocycles. The number of morpholine rings is 1. The lowest BCUT2D eigenvalue weighted by molar-refractivity contribution is -0.129. The van der Waals surface area contributed by atoms with Gasteiger partial charge >= 0.3 is 0 Å². The van der Waals surface area contributed by atoms with E-state index in [-0.39, 0.29) is 24.5 Å². The van der Waals surface area contributed by atoms with Gasteiger partial charge in [0.2, 0.25) is 5.91 Å². The molecule has 1 heterocycles. The van der Waals surface area contributed by atoms with Gasteiger partial charge < -0.3 is 19.7 Å². The molecular formula is C21H24N2O4. The second-order valence-corrected chi connectivity index (χ2v) is 6.43. The summed E-state index contributed by atoms with van der Waals surface area (Å²) in [5.74, 6) is 0.681. The van der Waals surface area contributed by atoms with Gasteiger partial charge in [-0.2, -0.15) is 0 Å². The number of carbonyl (C=O) groups excluding carboxylic acids is 2. The number of hydrogen-bond donors (Lipinski definition) is 1. The number of methoxy groups -OCH3 is 1. The molecule has 2 aromatic rings. The van der Waals surface area contributed by atoms with Gasteiger partial charge in [0, 0.05) is 18.7 Å². The maximum absolute atomic E-state index is 12.2. The lowest BCUT2D eigenvalue weighted by Gasteiger charge is -2.32. The van der Waals surface area contributed by atoms with E-state index in [1.807, 2.05) is 54.6 Å². The Morgan fingerprint density at radius 3 is 2.81 bits per heavy atom. The molecule has 0 radical (unpaired) electrons. The van der Waals surface area contributed by atoms with Crippen LogP contribution in [0.25, 0.3) is 0 Å². The van der Waals surface area contributed by atoms with Gasteiger partial charge in [0.1, 0.15) is 12.4 Å². The van der Waals surface area contributed by atoms with Crippen molar-refractivity contribution in [2.75, 3.05) is 31.7 Å². The van der Waals surface area contributed by atoms with Crippen molar-refractivity contribution in [1.29, 1.82) is 0 Å². The minimum Gasteiger partial charge on any atom is -0.497 e. The Labute approximate surface area is 159 Å². The molecule has 27 heavy (non-hydrogen) atoms. The summed E-state index contributed by atoms with van der Waals surface area (Å²) in [4.78, 5) is 25.9. The molecule has 1 aliphatic rings.